The average Bonchev–Trinajstić information content (AvgIpc) is 2.53. The number of nitrogens with one attached hydrogen (secondary N) is 2. The summed E-state index contributed by atoms with van der Waals surface area (Å²) in [5, 5.41) is 14.0. The van der Waals surface area contributed by atoms with E-state index in [-0.39, 0.29) is 5.91 Å². The number of carbonyl (C=O) groups excluding carboxylic acids is 1. The van der Waals surface area contributed by atoms with E-state index in [9.17, 15) is 9.59 Å². The smallest absolute Gasteiger partial charge is 0.405 e. The Morgan fingerprint density at radius 1 is 0.913 bits per heavy atom. The molecule has 0 fully saturated rings. The van der Waals surface area contributed by atoms with Gasteiger partial charge in [0.05, 0.1) is 5.54 Å². The Morgan fingerprint density at radius 2 is 1.39 bits per heavy atom. The highest BCUT2D eigenvalue weighted by atomic mass is 16.4. The van der Waals surface area contributed by atoms with Gasteiger partial charge in [0.2, 0.25) is 0 Å². The maximum Gasteiger partial charge on any atom is 0.405 e. The van der Waals surface area contributed by atoms with Gasteiger partial charge in [-0.2, -0.15) is 0 Å². The lowest BCUT2D eigenvalue weighted by Gasteiger charge is -2.25. The quantitative estimate of drug-likeness (QED) is 0.811. The van der Waals surface area contributed by atoms with Crippen LogP contribution in [0.3, 0.4) is 0 Å². The summed E-state index contributed by atoms with van der Waals surface area (Å²) < 4.78 is 0. The summed E-state index contributed by atoms with van der Waals surface area (Å²) in [6.07, 6.45) is -1.05. The Labute approximate surface area is 135 Å². The summed E-state index contributed by atoms with van der Waals surface area (Å²) in [6.45, 7) is 3.63. The standard InChI is InChI=1S/C18H20N2O3/c1-18(2,20-17(22)23)15-10-8-13(9-11-15)12-4-6-14(7-5-12)16(21)19-3/h4-11,20H,1-3H3,(H,19,21)(H,22,23). The first-order valence-electron chi connectivity index (χ1n) is 7.27. The van der Waals surface area contributed by atoms with Crippen molar-refractivity contribution in [3.8, 4) is 11.1 Å². The van der Waals surface area contributed by atoms with Crippen molar-refractivity contribution in [3.63, 3.8) is 0 Å². The van der Waals surface area contributed by atoms with Gasteiger partial charge in [0.25, 0.3) is 5.91 Å². The van der Waals surface area contributed by atoms with Crippen molar-refractivity contribution < 1.29 is 14.7 Å². The third kappa shape index (κ3) is 3.88. The minimum atomic E-state index is -1.05. The van der Waals surface area contributed by atoms with E-state index in [0.717, 1.165) is 16.7 Å². The summed E-state index contributed by atoms with van der Waals surface area (Å²) in [5.41, 5.74) is 2.83. The maximum absolute atomic E-state index is 11.5. The Morgan fingerprint density at radius 3 is 1.83 bits per heavy atom. The molecule has 5 nitrogen and oxygen atoms in total. The van der Waals surface area contributed by atoms with Gasteiger partial charge < -0.3 is 15.7 Å². The molecule has 0 saturated carbocycles. The van der Waals surface area contributed by atoms with E-state index >= 15 is 0 Å². The Balaban J connectivity index is 2.22. The van der Waals surface area contributed by atoms with E-state index in [4.69, 9.17) is 5.11 Å². The molecule has 23 heavy (non-hydrogen) atoms. The lowest BCUT2D eigenvalue weighted by molar-refractivity contribution is 0.0963. The van der Waals surface area contributed by atoms with Crippen molar-refractivity contribution in [3.05, 3.63) is 59.7 Å². The molecule has 2 aromatic rings. The van der Waals surface area contributed by atoms with Gasteiger partial charge in [-0.3, -0.25) is 4.79 Å². The van der Waals surface area contributed by atoms with E-state index in [0.29, 0.717) is 5.56 Å². The van der Waals surface area contributed by atoms with Gasteiger partial charge in [0.15, 0.2) is 0 Å². The van der Waals surface area contributed by atoms with E-state index in [1.165, 1.54) is 0 Å². The zero-order valence-corrected chi connectivity index (χ0v) is 13.4. The topological polar surface area (TPSA) is 78.4 Å². The molecule has 120 valence electrons. The fourth-order valence-electron chi connectivity index (χ4n) is 2.38. The number of amides is 2. The first-order chi connectivity index (χ1) is 10.8. The van der Waals surface area contributed by atoms with Crippen molar-refractivity contribution in [2.24, 2.45) is 0 Å². The third-order valence-electron chi connectivity index (χ3n) is 3.73. The van der Waals surface area contributed by atoms with Crippen molar-refractivity contribution in [2.45, 2.75) is 19.4 Å². The summed E-state index contributed by atoms with van der Waals surface area (Å²) in [7, 11) is 1.60. The molecule has 5 heteroatoms. The molecule has 0 aliphatic carbocycles. The Kier molecular flexibility index (Phi) is 4.69. The molecule has 0 bridgehead atoms. The fourth-order valence-corrected chi connectivity index (χ4v) is 2.38. The highest BCUT2D eigenvalue weighted by Gasteiger charge is 2.22. The maximum atomic E-state index is 11.5. The molecule has 0 unspecified atom stereocenters. The Hall–Kier alpha value is -2.82. The van der Waals surface area contributed by atoms with Crippen LogP contribution < -0.4 is 10.6 Å². The highest BCUT2D eigenvalue weighted by Crippen LogP contribution is 2.25. The second-order valence-electron chi connectivity index (χ2n) is 5.79. The van der Waals surface area contributed by atoms with Gasteiger partial charge in [-0.15, -0.1) is 0 Å². The van der Waals surface area contributed by atoms with Crippen LogP contribution in [0.4, 0.5) is 4.79 Å². The minimum Gasteiger partial charge on any atom is -0.465 e. The molecular weight excluding hydrogens is 292 g/mol. The molecule has 0 aliphatic rings. The second kappa shape index (κ2) is 6.52. The van der Waals surface area contributed by atoms with Crippen LogP contribution in [0.25, 0.3) is 11.1 Å². The SMILES string of the molecule is CNC(=O)c1ccc(-c2ccc(C(C)(C)NC(=O)O)cc2)cc1. The minimum absolute atomic E-state index is 0.117. The Bertz CT molecular complexity index is 704. The van der Waals surface area contributed by atoms with Gasteiger partial charge in [0.1, 0.15) is 0 Å². The van der Waals surface area contributed by atoms with Crippen LogP contribution in [0.15, 0.2) is 48.5 Å². The van der Waals surface area contributed by atoms with Crippen molar-refractivity contribution in [1.82, 2.24) is 10.6 Å². The zero-order valence-electron chi connectivity index (χ0n) is 13.4. The normalized spacial score (nSPS) is 10.9. The molecule has 0 spiro atoms. The molecule has 3 N–H and O–H groups in total. The average molecular weight is 312 g/mol. The van der Waals surface area contributed by atoms with Gasteiger partial charge >= 0.3 is 6.09 Å². The van der Waals surface area contributed by atoms with Crippen LogP contribution in [0.1, 0.15) is 29.8 Å². The van der Waals surface area contributed by atoms with Gasteiger partial charge in [-0.1, -0.05) is 36.4 Å². The lowest BCUT2D eigenvalue weighted by Crippen LogP contribution is -2.39. The van der Waals surface area contributed by atoms with Crippen molar-refractivity contribution >= 4 is 12.0 Å². The van der Waals surface area contributed by atoms with Gasteiger partial charge in [0, 0.05) is 12.6 Å². The first kappa shape index (κ1) is 16.5. The monoisotopic (exact) mass is 312 g/mol. The fraction of sp³-hybridized carbons (Fsp3) is 0.222. The molecule has 2 amide bonds. The van der Waals surface area contributed by atoms with Gasteiger partial charge in [-0.25, -0.2) is 4.79 Å². The van der Waals surface area contributed by atoms with Crippen LogP contribution in [-0.4, -0.2) is 24.2 Å². The number of hydrogen-bond acceptors (Lipinski definition) is 2. The molecule has 0 radical (unpaired) electrons. The summed E-state index contributed by atoms with van der Waals surface area (Å²) >= 11 is 0. The molecule has 0 saturated heterocycles. The second-order valence-corrected chi connectivity index (χ2v) is 5.79. The molecule has 2 aromatic carbocycles. The first-order valence-corrected chi connectivity index (χ1v) is 7.27. The molecule has 0 heterocycles. The predicted molar refractivity (Wildman–Crippen MR) is 89.5 cm³/mol. The van der Waals surface area contributed by atoms with Crippen molar-refractivity contribution in [2.75, 3.05) is 7.05 Å². The summed E-state index contributed by atoms with van der Waals surface area (Å²) in [4.78, 5) is 22.4. The van der Waals surface area contributed by atoms with Crippen molar-refractivity contribution in [1.29, 1.82) is 0 Å². The van der Waals surface area contributed by atoms with E-state index in [2.05, 4.69) is 10.6 Å². The molecule has 0 atom stereocenters. The van der Waals surface area contributed by atoms with Crippen LogP contribution in [0.5, 0.6) is 0 Å². The number of benzene rings is 2. The molecule has 2 rings (SSSR count). The van der Waals surface area contributed by atoms with Crippen LogP contribution >= 0.6 is 0 Å². The highest BCUT2D eigenvalue weighted by molar-refractivity contribution is 5.94. The van der Waals surface area contributed by atoms with Crippen LogP contribution in [0, 0.1) is 0 Å². The van der Waals surface area contributed by atoms with E-state index in [1.54, 1.807) is 19.2 Å². The lowest BCUT2D eigenvalue weighted by atomic mass is 9.92. The van der Waals surface area contributed by atoms with E-state index in [1.807, 2.05) is 50.2 Å². The number of carbonyl (C=O) groups is 2. The summed E-state index contributed by atoms with van der Waals surface area (Å²) in [6, 6.07) is 15.0. The van der Waals surface area contributed by atoms with Gasteiger partial charge in [-0.05, 0) is 42.7 Å². The molecule has 0 aromatic heterocycles. The number of rotatable bonds is 4. The number of carboxylic acid groups (broad SMARTS) is 1. The largest absolute Gasteiger partial charge is 0.465 e. The predicted octanol–water partition coefficient (Wildman–Crippen LogP) is 3.22. The molecular formula is C18H20N2O3. The van der Waals surface area contributed by atoms with Crippen LogP contribution in [-0.2, 0) is 5.54 Å². The molecule has 0 aliphatic heterocycles. The van der Waals surface area contributed by atoms with E-state index < -0.39 is 11.6 Å². The number of hydrogen-bond donors (Lipinski definition) is 3. The third-order valence-corrected chi connectivity index (χ3v) is 3.73. The zero-order chi connectivity index (χ0) is 17.0. The summed E-state index contributed by atoms with van der Waals surface area (Å²) in [5.74, 6) is -0.117. The van der Waals surface area contributed by atoms with Crippen LogP contribution in [0.2, 0.25) is 0 Å².